The van der Waals surface area contributed by atoms with Crippen molar-refractivity contribution in [3.8, 4) is 0 Å². The zero-order valence-corrected chi connectivity index (χ0v) is 9.16. The van der Waals surface area contributed by atoms with Crippen LogP contribution in [0.3, 0.4) is 0 Å². The number of nitrogens with zero attached hydrogens (tertiary/aromatic N) is 1. The van der Waals surface area contributed by atoms with Gasteiger partial charge in [0, 0.05) is 18.5 Å². The molecule has 1 aromatic carbocycles. The zero-order valence-electron chi connectivity index (χ0n) is 9.16. The molecule has 0 aliphatic heterocycles. The summed E-state index contributed by atoms with van der Waals surface area (Å²) in [5.41, 5.74) is 1.57. The SMILES string of the molecule is CN(C)Cc1ccc(CCC=O)cc1F. The van der Waals surface area contributed by atoms with Gasteiger partial charge in [0.1, 0.15) is 12.1 Å². The second kappa shape index (κ2) is 5.61. The van der Waals surface area contributed by atoms with Crippen molar-refractivity contribution in [2.24, 2.45) is 0 Å². The molecular formula is C12H16FNO. The van der Waals surface area contributed by atoms with Gasteiger partial charge in [-0.3, -0.25) is 0 Å². The predicted octanol–water partition coefficient (Wildman–Crippen LogP) is 2.02. The molecule has 0 aliphatic rings. The van der Waals surface area contributed by atoms with Crippen LogP contribution in [0.5, 0.6) is 0 Å². The van der Waals surface area contributed by atoms with Gasteiger partial charge in [0.2, 0.25) is 0 Å². The first-order valence-corrected chi connectivity index (χ1v) is 4.99. The van der Waals surface area contributed by atoms with Crippen molar-refractivity contribution in [2.75, 3.05) is 14.1 Å². The van der Waals surface area contributed by atoms with E-state index in [0.29, 0.717) is 24.9 Å². The summed E-state index contributed by atoms with van der Waals surface area (Å²) < 4.78 is 13.5. The second-order valence-corrected chi connectivity index (χ2v) is 3.87. The largest absolute Gasteiger partial charge is 0.305 e. The number of benzene rings is 1. The number of aldehydes is 1. The third-order valence-electron chi connectivity index (χ3n) is 2.15. The minimum absolute atomic E-state index is 0.188. The molecule has 1 rings (SSSR count). The summed E-state index contributed by atoms with van der Waals surface area (Å²) >= 11 is 0. The highest BCUT2D eigenvalue weighted by Gasteiger charge is 2.04. The summed E-state index contributed by atoms with van der Waals surface area (Å²) in [5, 5.41) is 0. The zero-order chi connectivity index (χ0) is 11.3. The Morgan fingerprint density at radius 1 is 1.40 bits per heavy atom. The van der Waals surface area contributed by atoms with Crippen LogP contribution in [0, 0.1) is 5.82 Å². The van der Waals surface area contributed by atoms with Crippen LogP contribution in [0.1, 0.15) is 17.5 Å². The van der Waals surface area contributed by atoms with E-state index in [1.54, 1.807) is 6.07 Å². The normalized spacial score (nSPS) is 10.7. The van der Waals surface area contributed by atoms with Crippen LogP contribution in [0.25, 0.3) is 0 Å². The Kier molecular flexibility index (Phi) is 4.43. The Hall–Kier alpha value is -1.22. The first-order valence-electron chi connectivity index (χ1n) is 4.99. The monoisotopic (exact) mass is 209 g/mol. The van der Waals surface area contributed by atoms with Crippen LogP contribution in [0.15, 0.2) is 18.2 Å². The van der Waals surface area contributed by atoms with Gasteiger partial charge in [-0.05, 0) is 32.1 Å². The van der Waals surface area contributed by atoms with E-state index in [4.69, 9.17) is 0 Å². The van der Waals surface area contributed by atoms with Crippen LogP contribution in [-0.2, 0) is 17.8 Å². The maximum Gasteiger partial charge on any atom is 0.127 e. The molecule has 0 atom stereocenters. The Bertz CT molecular complexity index is 336. The van der Waals surface area contributed by atoms with Gasteiger partial charge < -0.3 is 9.69 Å². The van der Waals surface area contributed by atoms with Crippen LogP contribution in [-0.4, -0.2) is 25.3 Å². The summed E-state index contributed by atoms with van der Waals surface area (Å²) in [4.78, 5) is 12.1. The highest BCUT2D eigenvalue weighted by molar-refractivity contribution is 5.50. The third kappa shape index (κ3) is 3.80. The molecule has 0 unspecified atom stereocenters. The molecule has 0 N–H and O–H groups in total. The minimum Gasteiger partial charge on any atom is -0.305 e. The third-order valence-corrected chi connectivity index (χ3v) is 2.15. The quantitative estimate of drug-likeness (QED) is 0.691. The summed E-state index contributed by atoms with van der Waals surface area (Å²) in [7, 11) is 3.81. The molecule has 0 heterocycles. The van der Waals surface area contributed by atoms with E-state index in [9.17, 15) is 9.18 Å². The first kappa shape index (κ1) is 11.9. The molecule has 2 nitrogen and oxygen atoms in total. The van der Waals surface area contributed by atoms with Crippen LogP contribution >= 0.6 is 0 Å². The molecule has 0 spiro atoms. The van der Waals surface area contributed by atoms with Crippen molar-refractivity contribution in [1.82, 2.24) is 4.90 Å². The lowest BCUT2D eigenvalue weighted by Gasteiger charge is -2.11. The maximum absolute atomic E-state index is 13.5. The molecule has 0 amide bonds. The van der Waals surface area contributed by atoms with Crippen LogP contribution in [0.4, 0.5) is 4.39 Å². The van der Waals surface area contributed by atoms with Crippen molar-refractivity contribution in [1.29, 1.82) is 0 Å². The lowest BCUT2D eigenvalue weighted by atomic mass is 10.1. The Morgan fingerprint density at radius 3 is 2.67 bits per heavy atom. The van der Waals surface area contributed by atoms with E-state index in [1.165, 1.54) is 6.07 Å². The van der Waals surface area contributed by atoms with Crippen LogP contribution < -0.4 is 0 Å². The molecule has 15 heavy (non-hydrogen) atoms. The minimum atomic E-state index is -0.188. The molecule has 0 bridgehead atoms. The summed E-state index contributed by atoms with van der Waals surface area (Å²) in [6.45, 7) is 0.597. The van der Waals surface area contributed by atoms with E-state index < -0.39 is 0 Å². The topological polar surface area (TPSA) is 20.3 Å². The Labute approximate surface area is 89.7 Å². The smallest absolute Gasteiger partial charge is 0.127 e. The van der Waals surface area contributed by atoms with Gasteiger partial charge in [0.05, 0.1) is 0 Å². The van der Waals surface area contributed by atoms with Gasteiger partial charge >= 0.3 is 0 Å². The maximum atomic E-state index is 13.5. The highest BCUT2D eigenvalue weighted by Crippen LogP contribution is 2.12. The number of halogens is 1. The molecular weight excluding hydrogens is 193 g/mol. The molecule has 82 valence electrons. The van der Waals surface area contributed by atoms with Gasteiger partial charge in [-0.2, -0.15) is 0 Å². The number of rotatable bonds is 5. The molecule has 0 saturated heterocycles. The summed E-state index contributed by atoms with van der Waals surface area (Å²) in [5.74, 6) is -0.188. The number of carbonyl (C=O) groups excluding carboxylic acids is 1. The fourth-order valence-corrected chi connectivity index (χ4v) is 1.44. The molecule has 1 aromatic rings. The Balaban J connectivity index is 2.73. The van der Waals surface area contributed by atoms with E-state index in [-0.39, 0.29) is 5.82 Å². The highest BCUT2D eigenvalue weighted by atomic mass is 19.1. The molecule has 0 saturated carbocycles. The summed E-state index contributed by atoms with van der Waals surface area (Å²) in [6, 6.07) is 5.18. The first-order chi connectivity index (χ1) is 7.13. The molecule has 0 fully saturated rings. The van der Waals surface area contributed by atoms with Crippen LogP contribution in [0.2, 0.25) is 0 Å². The fourth-order valence-electron chi connectivity index (χ4n) is 1.44. The van der Waals surface area contributed by atoms with E-state index in [1.807, 2.05) is 25.1 Å². The fraction of sp³-hybridized carbons (Fsp3) is 0.417. The van der Waals surface area contributed by atoms with Gasteiger partial charge in [-0.25, -0.2) is 4.39 Å². The van der Waals surface area contributed by atoms with Crippen molar-refractivity contribution in [3.05, 3.63) is 35.1 Å². The van der Waals surface area contributed by atoms with Gasteiger partial charge in [-0.15, -0.1) is 0 Å². The average Bonchev–Trinajstić information content (AvgIpc) is 2.18. The lowest BCUT2D eigenvalue weighted by Crippen LogP contribution is -2.12. The molecule has 0 radical (unpaired) electrons. The standard InChI is InChI=1S/C12H16FNO/c1-14(2)9-11-6-5-10(4-3-7-15)8-12(11)13/h5-8H,3-4,9H2,1-2H3. The number of aryl methyl sites for hydroxylation is 1. The molecule has 0 aliphatic carbocycles. The lowest BCUT2D eigenvalue weighted by molar-refractivity contribution is -0.107. The van der Waals surface area contributed by atoms with E-state index in [2.05, 4.69) is 0 Å². The number of hydrogen-bond acceptors (Lipinski definition) is 2. The van der Waals surface area contributed by atoms with Crippen molar-refractivity contribution in [3.63, 3.8) is 0 Å². The van der Waals surface area contributed by atoms with Crippen molar-refractivity contribution < 1.29 is 9.18 Å². The van der Waals surface area contributed by atoms with Gasteiger partial charge in [0.25, 0.3) is 0 Å². The van der Waals surface area contributed by atoms with Gasteiger partial charge in [-0.1, -0.05) is 12.1 Å². The summed E-state index contributed by atoms with van der Waals surface area (Å²) in [6.07, 6.45) is 1.92. The van der Waals surface area contributed by atoms with E-state index in [0.717, 1.165) is 11.8 Å². The molecule has 3 heteroatoms. The predicted molar refractivity (Wildman–Crippen MR) is 58.2 cm³/mol. The second-order valence-electron chi connectivity index (χ2n) is 3.87. The molecule has 0 aromatic heterocycles. The Morgan fingerprint density at radius 2 is 2.13 bits per heavy atom. The number of carbonyl (C=O) groups is 1. The van der Waals surface area contributed by atoms with E-state index >= 15 is 0 Å². The average molecular weight is 209 g/mol. The van der Waals surface area contributed by atoms with Gasteiger partial charge in [0.15, 0.2) is 0 Å². The number of hydrogen-bond donors (Lipinski definition) is 0. The van der Waals surface area contributed by atoms with Crippen molar-refractivity contribution in [2.45, 2.75) is 19.4 Å². The van der Waals surface area contributed by atoms with Crippen molar-refractivity contribution >= 4 is 6.29 Å².